The molecule has 0 bridgehead atoms. The lowest BCUT2D eigenvalue weighted by Crippen LogP contribution is -2.23. The average molecular weight is 262 g/mol. The number of benzene rings is 2. The Labute approximate surface area is 106 Å². The molecule has 0 atom stereocenters. The zero-order valence-corrected chi connectivity index (χ0v) is 10.6. The Balaban J connectivity index is 2.35. The molecule has 5 heteroatoms. The van der Waals surface area contributed by atoms with Crippen LogP contribution in [-0.2, 0) is 23.0 Å². The van der Waals surface area contributed by atoms with Gasteiger partial charge in [-0.1, -0.05) is 18.2 Å². The fourth-order valence-electron chi connectivity index (χ4n) is 2.48. The molecule has 1 heterocycles. The van der Waals surface area contributed by atoms with Crippen LogP contribution in [0.4, 0.5) is 0 Å². The highest BCUT2D eigenvalue weighted by molar-refractivity contribution is 7.89. The molecule has 0 aromatic heterocycles. The highest BCUT2D eigenvalue weighted by Gasteiger charge is 2.15. The maximum Gasteiger partial charge on any atom is 0.238 e. The lowest BCUT2D eigenvalue weighted by molar-refractivity contribution is 0.598. The third-order valence-corrected chi connectivity index (χ3v) is 4.32. The van der Waals surface area contributed by atoms with Crippen LogP contribution in [0.3, 0.4) is 0 Å². The SMILES string of the molecule is NS(=O)(=O)c1cccc2cc3c(cc12)CNCC3. The molecule has 0 radical (unpaired) electrons. The van der Waals surface area contributed by atoms with Gasteiger partial charge in [0.05, 0.1) is 4.90 Å². The van der Waals surface area contributed by atoms with E-state index in [1.54, 1.807) is 12.1 Å². The van der Waals surface area contributed by atoms with Crippen molar-refractivity contribution in [3.8, 4) is 0 Å². The van der Waals surface area contributed by atoms with Crippen molar-refractivity contribution in [3.63, 3.8) is 0 Å². The van der Waals surface area contributed by atoms with Crippen molar-refractivity contribution in [1.82, 2.24) is 5.32 Å². The van der Waals surface area contributed by atoms with Gasteiger partial charge in [-0.15, -0.1) is 0 Å². The van der Waals surface area contributed by atoms with E-state index in [9.17, 15) is 8.42 Å². The van der Waals surface area contributed by atoms with Gasteiger partial charge in [0.15, 0.2) is 0 Å². The zero-order chi connectivity index (χ0) is 12.8. The van der Waals surface area contributed by atoms with Gasteiger partial charge in [-0.05, 0) is 41.6 Å². The standard InChI is InChI=1S/C13H14N2O2S/c14-18(16,17)13-3-1-2-10-6-9-4-5-15-8-11(9)7-12(10)13/h1-3,6-7,15H,4-5,8H2,(H2,14,16,17). The molecule has 0 fully saturated rings. The summed E-state index contributed by atoms with van der Waals surface area (Å²) < 4.78 is 23.2. The Morgan fingerprint density at radius 3 is 2.78 bits per heavy atom. The molecule has 2 aromatic carbocycles. The van der Waals surface area contributed by atoms with Gasteiger partial charge in [-0.2, -0.15) is 0 Å². The average Bonchev–Trinajstić information content (AvgIpc) is 2.34. The van der Waals surface area contributed by atoms with E-state index >= 15 is 0 Å². The maximum absolute atomic E-state index is 11.6. The molecule has 0 amide bonds. The van der Waals surface area contributed by atoms with E-state index in [0.717, 1.165) is 30.5 Å². The molecule has 3 rings (SSSR count). The summed E-state index contributed by atoms with van der Waals surface area (Å²) in [5.41, 5.74) is 2.44. The van der Waals surface area contributed by atoms with Crippen LogP contribution in [-0.4, -0.2) is 15.0 Å². The Hall–Kier alpha value is -1.43. The fraction of sp³-hybridized carbons (Fsp3) is 0.231. The largest absolute Gasteiger partial charge is 0.312 e. The molecule has 18 heavy (non-hydrogen) atoms. The number of primary sulfonamides is 1. The van der Waals surface area contributed by atoms with E-state index in [2.05, 4.69) is 11.4 Å². The summed E-state index contributed by atoms with van der Waals surface area (Å²) >= 11 is 0. The molecule has 3 N–H and O–H groups in total. The van der Waals surface area contributed by atoms with E-state index in [1.807, 2.05) is 12.1 Å². The maximum atomic E-state index is 11.6. The number of hydrogen-bond acceptors (Lipinski definition) is 3. The molecule has 2 aromatic rings. The molecular formula is C13H14N2O2S. The van der Waals surface area contributed by atoms with Crippen LogP contribution in [0.2, 0.25) is 0 Å². The summed E-state index contributed by atoms with van der Waals surface area (Å²) in [6.45, 7) is 1.75. The minimum absolute atomic E-state index is 0.202. The fourth-order valence-corrected chi connectivity index (χ4v) is 3.23. The van der Waals surface area contributed by atoms with Crippen molar-refractivity contribution in [2.24, 2.45) is 5.14 Å². The third-order valence-electron chi connectivity index (χ3n) is 3.35. The van der Waals surface area contributed by atoms with E-state index in [0.29, 0.717) is 5.39 Å². The van der Waals surface area contributed by atoms with E-state index in [1.165, 1.54) is 5.56 Å². The molecule has 1 aliphatic heterocycles. The van der Waals surface area contributed by atoms with Gasteiger partial charge in [0.1, 0.15) is 0 Å². The summed E-state index contributed by atoms with van der Waals surface area (Å²) in [5.74, 6) is 0. The summed E-state index contributed by atoms with van der Waals surface area (Å²) in [6.07, 6.45) is 0.977. The van der Waals surface area contributed by atoms with Crippen molar-refractivity contribution in [3.05, 3.63) is 41.5 Å². The quantitative estimate of drug-likeness (QED) is 0.809. The molecule has 4 nitrogen and oxygen atoms in total. The Kier molecular flexibility index (Phi) is 2.62. The number of hydrogen-bond donors (Lipinski definition) is 2. The second kappa shape index (κ2) is 4.05. The second-order valence-electron chi connectivity index (χ2n) is 4.57. The topological polar surface area (TPSA) is 72.2 Å². The van der Waals surface area contributed by atoms with Crippen molar-refractivity contribution < 1.29 is 8.42 Å². The molecule has 1 aliphatic rings. The lowest BCUT2D eigenvalue weighted by Gasteiger charge is -2.18. The first-order chi connectivity index (χ1) is 8.55. The zero-order valence-electron chi connectivity index (χ0n) is 9.81. The number of nitrogens with two attached hydrogens (primary N) is 1. The van der Waals surface area contributed by atoms with Gasteiger partial charge in [-0.3, -0.25) is 0 Å². The van der Waals surface area contributed by atoms with E-state index in [4.69, 9.17) is 5.14 Å². The van der Waals surface area contributed by atoms with Crippen LogP contribution in [0.1, 0.15) is 11.1 Å². The number of sulfonamides is 1. The molecule has 0 saturated heterocycles. The second-order valence-corrected chi connectivity index (χ2v) is 6.10. The summed E-state index contributed by atoms with van der Waals surface area (Å²) in [6, 6.07) is 9.22. The minimum atomic E-state index is -3.68. The Morgan fingerprint density at radius 1 is 1.17 bits per heavy atom. The smallest absolute Gasteiger partial charge is 0.238 e. The van der Waals surface area contributed by atoms with E-state index < -0.39 is 10.0 Å². The molecule has 94 valence electrons. The first-order valence-corrected chi connectivity index (χ1v) is 7.38. The number of fused-ring (bicyclic) bond motifs is 2. The molecule has 0 spiro atoms. The summed E-state index contributed by atoms with van der Waals surface area (Å²) in [4.78, 5) is 0.202. The monoisotopic (exact) mass is 262 g/mol. The number of rotatable bonds is 1. The van der Waals surface area contributed by atoms with Crippen LogP contribution in [0.15, 0.2) is 35.2 Å². The van der Waals surface area contributed by atoms with Gasteiger partial charge >= 0.3 is 0 Å². The van der Waals surface area contributed by atoms with Crippen LogP contribution in [0.5, 0.6) is 0 Å². The summed E-state index contributed by atoms with van der Waals surface area (Å²) in [7, 11) is -3.68. The predicted octanol–water partition coefficient (Wildman–Crippen LogP) is 1.13. The minimum Gasteiger partial charge on any atom is -0.312 e. The first kappa shape index (κ1) is 11.6. The Bertz CT molecular complexity index is 723. The molecule has 0 aliphatic carbocycles. The van der Waals surface area contributed by atoms with Crippen LogP contribution in [0.25, 0.3) is 10.8 Å². The van der Waals surface area contributed by atoms with Gasteiger partial charge in [0, 0.05) is 11.9 Å². The molecule has 0 saturated carbocycles. The van der Waals surface area contributed by atoms with Gasteiger partial charge in [-0.25, -0.2) is 13.6 Å². The Morgan fingerprint density at radius 2 is 2.00 bits per heavy atom. The van der Waals surface area contributed by atoms with Gasteiger partial charge in [0.25, 0.3) is 0 Å². The highest BCUT2D eigenvalue weighted by atomic mass is 32.2. The van der Waals surface area contributed by atoms with Crippen molar-refractivity contribution in [2.75, 3.05) is 6.54 Å². The van der Waals surface area contributed by atoms with Crippen LogP contribution in [0, 0.1) is 0 Å². The van der Waals surface area contributed by atoms with Gasteiger partial charge in [0.2, 0.25) is 10.0 Å². The van der Waals surface area contributed by atoms with Crippen molar-refractivity contribution in [1.29, 1.82) is 0 Å². The third kappa shape index (κ3) is 1.90. The van der Waals surface area contributed by atoms with Crippen molar-refractivity contribution >= 4 is 20.8 Å². The first-order valence-electron chi connectivity index (χ1n) is 5.84. The highest BCUT2D eigenvalue weighted by Crippen LogP contribution is 2.27. The number of nitrogens with one attached hydrogen (secondary N) is 1. The van der Waals surface area contributed by atoms with Crippen LogP contribution < -0.4 is 10.5 Å². The lowest BCUT2D eigenvalue weighted by atomic mass is 9.96. The summed E-state index contributed by atoms with van der Waals surface area (Å²) in [5, 5.41) is 10.2. The predicted molar refractivity (Wildman–Crippen MR) is 70.7 cm³/mol. The normalized spacial score (nSPS) is 15.6. The van der Waals surface area contributed by atoms with Crippen molar-refractivity contribution in [2.45, 2.75) is 17.9 Å². The molecular weight excluding hydrogens is 248 g/mol. The molecule has 0 unspecified atom stereocenters. The van der Waals surface area contributed by atoms with Gasteiger partial charge < -0.3 is 5.32 Å². The van der Waals surface area contributed by atoms with Crippen LogP contribution >= 0.6 is 0 Å². The van der Waals surface area contributed by atoms with E-state index in [-0.39, 0.29) is 4.90 Å².